The summed E-state index contributed by atoms with van der Waals surface area (Å²) in [6, 6.07) is -0.179. The second kappa shape index (κ2) is 4.24. The van der Waals surface area contributed by atoms with Gasteiger partial charge in [-0.1, -0.05) is 0 Å². The Morgan fingerprint density at radius 1 is 1.64 bits per heavy atom. The number of carboxylic acids is 1. The van der Waals surface area contributed by atoms with Crippen LogP contribution in [0.4, 0.5) is 0 Å². The summed E-state index contributed by atoms with van der Waals surface area (Å²) in [4.78, 5) is 10.5. The maximum atomic E-state index is 11.4. The quantitative estimate of drug-likeness (QED) is 0.552. The first-order valence-electron chi connectivity index (χ1n) is 4.38. The molecule has 1 saturated heterocycles. The summed E-state index contributed by atoms with van der Waals surface area (Å²) in [5.41, 5.74) is 0. The summed E-state index contributed by atoms with van der Waals surface area (Å²) >= 11 is 0. The van der Waals surface area contributed by atoms with Crippen LogP contribution in [-0.4, -0.2) is 43.9 Å². The molecule has 1 aliphatic rings. The molecule has 1 rings (SSSR count). The highest BCUT2D eigenvalue weighted by Gasteiger charge is 2.30. The normalized spacial score (nSPS) is 24.8. The highest BCUT2D eigenvalue weighted by Crippen LogP contribution is 2.04. The van der Waals surface area contributed by atoms with Crippen molar-refractivity contribution >= 4 is 16.0 Å². The molecule has 0 aromatic heterocycles. The standard InChI is InChI=1S/C7H14N2O4S/c1-5(7(10)11)14(12,13)9-6-2-3-8-4-6/h5-6,8-9H,2-4H2,1H3,(H,10,11)/t5?,6-/m0/s1. The fourth-order valence-electron chi connectivity index (χ4n) is 1.22. The molecule has 3 N–H and O–H groups in total. The monoisotopic (exact) mass is 222 g/mol. The Morgan fingerprint density at radius 2 is 2.29 bits per heavy atom. The van der Waals surface area contributed by atoms with E-state index in [1.165, 1.54) is 0 Å². The van der Waals surface area contributed by atoms with Crippen molar-refractivity contribution in [2.24, 2.45) is 0 Å². The second-order valence-electron chi connectivity index (χ2n) is 3.33. The smallest absolute Gasteiger partial charge is 0.323 e. The van der Waals surface area contributed by atoms with Gasteiger partial charge in [-0.15, -0.1) is 0 Å². The topological polar surface area (TPSA) is 95.5 Å². The van der Waals surface area contributed by atoms with Gasteiger partial charge < -0.3 is 10.4 Å². The molecule has 0 aromatic rings. The summed E-state index contributed by atoms with van der Waals surface area (Å²) in [5, 5.41) is 10.1. The van der Waals surface area contributed by atoms with E-state index < -0.39 is 21.2 Å². The molecule has 1 aliphatic heterocycles. The van der Waals surface area contributed by atoms with Crippen molar-refractivity contribution in [1.29, 1.82) is 0 Å². The Kier molecular flexibility index (Phi) is 3.46. The van der Waals surface area contributed by atoms with Gasteiger partial charge >= 0.3 is 5.97 Å². The van der Waals surface area contributed by atoms with Crippen molar-refractivity contribution < 1.29 is 18.3 Å². The minimum atomic E-state index is -3.73. The van der Waals surface area contributed by atoms with Crippen molar-refractivity contribution in [2.75, 3.05) is 13.1 Å². The van der Waals surface area contributed by atoms with Gasteiger partial charge in [0.1, 0.15) is 0 Å². The summed E-state index contributed by atoms with van der Waals surface area (Å²) in [5.74, 6) is -1.33. The zero-order chi connectivity index (χ0) is 10.8. The molecule has 1 unspecified atom stereocenters. The average molecular weight is 222 g/mol. The van der Waals surface area contributed by atoms with Crippen molar-refractivity contribution in [3.05, 3.63) is 0 Å². The number of hydrogen-bond donors (Lipinski definition) is 3. The molecule has 7 heteroatoms. The Bertz CT molecular complexity index is 308. The van der Waals surface area contributed by atoms with Gasteiger partial charge in [-0.25, -0.2) is 13.1 Å². The Morgan fingerprint density at radius 3 is 2.71 bits per heavy atom. The number of aliphatic carboxylic acids is 1. The van der Waals surface area contributed by atoms with E-state index >= 15 is 0 Å². The average Bonchev–Trinajstić information content (AvgIpc) is 2.54. The van der Waals surface area contributed by atoms with E-state index in [1.54, 1.807) is 0 Å². The first-order valence-corrected chi connectivity index (χ1v) is 5.93. The van der Waals surface area contributed by atoms with E-state index in [2.05, 4.69) is 10.0 Å². The van der Waals surface area contributed by atoms with E-state index in [4.69, 9.17) is 5.11 Å². The van der Waals surface area contributed by atoms with Crippen molar-refractivity contribution in [2.45, 2.75) is 24.6 Å². The SMILES string of the molecule is CC(C(=O)O)S(=O)(=O)N[C@H]1CCNC1. The third kappa shape index (κ3) is 2.66. The molecule has 1 fully saturated rings. The van der Waals surface area contributed by atoms with E-state index in [9.17, 15) is 13.2 Å². The van der Waals surface area contributed by atoms with Gasteiger partial charge in [0, 0.05) is 12.6 Å². The predicted molar refractivity (Wildman–Crippen MR) is 50.4 cm³/mol. The Labute approximate surface area is 82.7 Å². The molecule has 0 aromatic carbocycles. The van der Waals surface area contributed by atoms with Crippen molar-refractivity contribution in [3.8, 4) is 0 Å². The van der Waals surface area contributed by atoms with E-state index in [-0.39, 0.29) is 6.04 Å². The zero-order valence-corrected chi connectivity index (χ0v) is 8.67. The van der Waals surface area contributed by atoms with Crippen LogP contribution in [0, 0.1) is 0 Å². The first kappa shape index (κ1) is 11.4. The van der Waals surface area contributed by atoms with E-state index in [1.807, 2.05) is 0 Å². The molecule has 0 spiro atoms. The third-order valence-corrected chi connectivity index (χ3v) is 4.00. The molecule has 82 valence electrons. The van der Waals surface area contributed by atoms with Gasteiger partial charge in [-0.2, -0.15) is 0 Å². The highest BCUT2D eigenvalue weighted by molar-refractivity contribution is 7.90. The van der Waals surface area contributed by atoms with Gasteiger partial charge in [-0.05, 0) is 19.9 Å². The van der Waals surface area contributed by atoms with E-state index in [0.29, 0.717) is 13.0 Å². The number of carboxylic acid groups (broad SMARTS) is 1. The molecular weight excluding hydrogens is 208 g/mol. The minimum Gasteiger partial charge on any atom is -0.480 e. The number of rotatable bonds is 4. The molecular formula is C7H14N2O4S. The van der Waals surface area contributed by atoms with Crippen LogP contribution in [0.3, 0.4) is 0 Å². The van der Waals surface area contributed by atoms with Gasteiger partial charge in [0.15, 0.2) is 5.25 Å². The molecule has 0 bridgehead atoms. The zero-order valence-electron chi connectivity index (χ0n) is 7.86. The Balaban J connectivity index is 2.61. The molecule has 0 aliphatic carbocycles. The number of sulfonamides is 1. The van der Waals surface area contributed by atoms with Crippen LogP contribution in [0.15, 0.2) is 0 Å². The predicted octanol–water partition coefficient (Wildman–Crippen LogP) is -1.26. The minimum absolute atomic E-state index is 0.179. The second-order valence-corrected chi connectivity index (χ2v) is 5.37. The fraction of sp³-hybridized carbons (Fsp3) is 0.857. The maximum absolute atomic E-state index is 11.4. The van der Waals surface area contributed by atoms with E-state index in [0.717, 1.165) is 13.5 Å². The van der Waals surface area contributed by atoms with Crippen LogP contribution in [0.1, 0.15) is 13.3 Å². The summed E-state index contributed by atoms with van der Waals surface area (Å²) in [7, 11) is -3.73. The molecule has 0 saturated carbocycles. The molecule has 6 nitrogen and oxygen atoms in total. The van der Waals surface area contributed by atoms with Crippen molar-refractivity contribution in [3.63, 3.8) is 0 Å². The summed E-state index contributed by atoms with van der Waals surface area (Å²) in [6.07, 6.45) is 0.700. The lowest BCUT2D eigenvalue weighted by Gasteiger charge is -2.14. The molecule has 2 atom stereocenters. The summed E-state index contributed by atoms with van der Waals surface area (Å²) in [6.45, 7) is 2.48. The maximum Gasteiger partial charge on any atom is 0.323 e. The molecule has 0 radical (unpaired) electrons. The number of carbonyl (C=O) groups is 1. The first-order chi connectivity index (χ1) is 6.43. The van der Waals surface area contributed by atoms with Crippen LogP contribution in [0.25, 0.3) is 0 Å². The largest absolute Gasteiger partial charge is 0.480 e. The van der Waals surface area contributed by atoms with Crippen LogP contribution < -0.4 is 10.0 Å². The molecule has 1 heterocycles. The van der Waals surface area contributed by atoms with Gasteiger partial charge in [0.2, 0.25) is 10.0 Å². The van der Waals surface area contributed by atoms with Crippen LogP contribution in [-0.2, 0) is 14.8 Å². The van der Waals surface area contributed by atoms with Crippen LogP contribution >= 0.6 is 0 Å². The van der Waals surface area contributed by atoms with Gasteiger partial charge in [-0.3, -0.25) is 4.79 Å². The lowest BCUT2D eigenvalue weighted by molar-refractivity contribution is -0.136. The van der Waals surface area contributed by atoms with Crippen molar-refractivity contribution in [1.82, 2.24) is 10.0 Å². The van der Waals surface area contributed by atoms with Crippen LogP contribution in [0.2, 0.25) is 0 Å². The van der Waals surface area contributed by atoms with Gasteiger partial charge in [0.05, 0.1) is 0 Å². The lowest BCUT2D eigenvalue weighted by Crippen LogP contribution is -2.43. The summed E-state index contributed by atoms with van der Waals surface area (Å²) < 4.78 is 25.2. The lowest BCUT2D eigenvalue weighted by atomic mass is 10.3. The third-order valence-electron chi connectivity index (χ3n) is 2.20. The highest BCUT2D eigenvalue weighted by atomic mass is 32.2. The van der Waals surface area contributed by atoms with Crippen LogP contribution in [0.5, 0.6) is 0 Å². The van der Waals surface area contributed by atoms with Gasteiger partial charge in [0.25, 0.3) is 0 Å². The fourth-order valence-corrected chi connectivity index (χ4v) is 2.36. The number of hydrogen-bond acceptors (Lipinski definition) is 4. The Hall–Kier alpha value is -0.660. The number of nitrogens with one attached hydrogen (secondary N) is 2. The molecule has 14 heavy (non-hydrogen) atoms. The molecule has 0 amide bonds.